The minimum atomic E-state index is -0.411. The van der Waals surface area contributed by atoms with E-state index in [9.17, 15) is 0 Å². The Balaban J connectivity index is 0.00000176. The molecule has 0 unspecified atom stereocenters. The summed E-state index contributed by atoms with van der Waals surface area (Å²) >= 11 is 0. The molecule has 1 aliphatic rings. The molecule has 7 heteroatoms. The van der Waals surface area contributed by atoms with Crippen LogP contribution in [-0.2, 0) is 12.1 Å². The third-order valence-electron chi connectivity index (χ3n) is 3.95. The fourth-order valence-electron chi connectivity index (χ4n) is 2.72. The van der Waals surface area contributed by atoms with Crippen molar-refractivity contribution in [1.29, 1.82) is 0 Å². The molecule has 0 spiro atoms. The summed E-state index contributed by atoms with van der Waals surface area (Å²) in [5, 5.41) is 7.28. The van der Waals surface area contributed by atoms with E-state index in [1.165, 1.54) is 0 Å². The zero-order chi connectivity index (χ0) is 14.7. The number of anilines is 1. The summed E-state index contributed by atoms with van der Waals surface area (Å²) in [6.45, 7) is 0.448. The van der Waals surface area contributed by atoms with Gasteiger partial charge in [0.05, 0.1) is 24.9 Å². The lowest BCUT2D eigenvalue weighted by Crippen LogP contribution is -2.34. The van der Waals surface area contributed by atoms with Crippen LogP contribution < -0.4 is 15.8 Å². The van der Waals surface area contributed by atoms with Crippen molar-refractivity contribution in [2.75, 3.05) is 12.4 Å². The summed E-state index contributed by atoms with van der Waals surface area (Å²) in [7, 11) is 1.64. The summed E-state index contributed by atoms with van der Waals surface area (Å²) in [6.07, 6.45) is 4.09. The van der Waals surface area contributed by atoms with Crippen molar-refractivity contribution >= 4 is 18.1 Å². The maximum absolute atomic E-state index is 6.32. The molecule has 120 valence electrons. The number of hydrogen-bond acceptors (Lipinski definition) is 6. The Kier molecular flexibility index (Phi) is 5.26. The molecule has 0 saturated heterocycles. The summed E-state index contributed by atoms with van der Waals surface area (Å²) in [5.74, 6) is 1.94. The maximum Gasteiger partial charge on any atom is 0.246 e. The molecule has 3 N–H and O–H groups in total. The van der Waals surface area contributed by atoms with Gasteiger partial charge in [-0.25, -0.2) is 0 Å². The second kappa shape index (κ2) is 6.98. The zero-order valence-electron chi connectivity index (χ0n) is 12.5. The van der Waals surface area contributed by atoms with Gasteiger partial charge in [-0.05, 0) is 25.0 Å². The number of ether oxygens (including phenoxy) is 1. The number of aromatic nitrogens is 2. The molecule has 1 aliphatic carbocycles. The van der Waals surface area contributed by atoms with Crippen molar-refractivity contribution < 1.29 is 9.26 Å². The van der Waals surface area contributed by atoms with E-state index >= 15 is 0 Å². The lowest BCUT2D eigenvalue weighted by Gasteiger charge is -2.17. The highest BCUT2D eigenvalue weighted by atomic mass is 35.5. The molecule has 1 aromatic carbocycles. The molecule has 3 rings (SSSR count). The smallest absolute Gasteiger partial charge is 0.246 e. The van der Waals surface area contributed by atoms with E-state index in [4.69, 9.17) is 15.0 Å². The largest absolute Gasteiger partial charge is 0.495 e. The van der Waals surface area contributed by atoms with Crippen LogP contribution in [0.15, 0.2) is 28.8 Å². The third-order valence-corrected chi connectivity index (χ3v) is 3.95. The minimum absolute atomic E-state index is 0. The van der Waals surface area contributed by atoms with Gasteiger partial charge in [0.25, 0.3) is 0 Å². The van der Waals surface area contributed by atoms with Crippen LogP contribution in [0.2, 0.25) is 0 Å². The monoisotopic (exact) mass is 324 g/mol. The summed E-state index contributed by atoms with van der Waals surface area (Å²) in [4.78, 5) is 4.43. The highest BCUT2D eigenvalue weighted by Crippen LogP contribution is 2.34. The Hall–Kier alpha value is -1.79. The summed E-state index contributed by atoms with van der Waals surface area (Å²) in [6, 6.07) is 7.71. The van der Waals surface area contributed by atoms with Gasteiger partial charge in [-0.2, -0.15) is 4.98 Å². The second-order valence-corrected chi connectivity index (χ2v) is 5.43. The van der Waals surface area contributed by atoms with Crippen LogP contribution in [0.5, 0.6) is 5.75 Å². The number of methoxy groups -OCH3 is 1. The average Bonchev–Trinajstić information content (AvgIpc) is 3.15. The first-order valence-corrected chi connectivity index (χ1v) is 7.20. The van der Waals surface area contributed by atoms with Gasteiger partial charge in [-0.1, -0.05) is 30.1 Å². The topological polar surface area (TPSA) is 86.2 Å². The first-order valence-electron chi connectivity index (χ1n) is 7.20. The molecule has 1 aromatic heterocycles. The van der Waals surface area contributed by atoms with Crippen LogP contribution >= 0.6 is 12.4 Å². The fraction of sp³-hybridized carbons (Fsp3) is 0.467. The van der Waals surface area contributed by atoms with Gasteiger partial charge in [-0.15, -0.1) is 12.4 Å². The predicted octanol–water partition coefficient (Wildman–Crippen LogP) is 2.84. The van der Waals surface area contributed by atoms with Gasteiger partial charge < -0.3 is 20.3 Å². The van der Waals surface area contributed by atoms with Crippen molar-refractivity contribution in [2.24, 2.45) is 5.73 Å². The van der Waals surface area contributed by atoms with Crippen LogP contribution in [0.25, 0.3) is 0 Å². The third kappa shape index (κ3) is 3.34. The Morgan fingerprint density at radius 3 is 2.77 bits per heavy atom. The molecule has 6 nitrogen and oxygen atoms in total. The molecule has 0 radical (unpaired) electrons. The molecular formula is C15H21ClN4O2. The maximum atomic E-state index is 6.32. The number of nitrogens with zero attached hydrogens (tertiary/aromatic N) is 2. The van der Waals surface area contributed by atoms with Crippen LogP contribution in [0.3, 0.4) is 0 Å². The number of para-hydroxylation sites is 2. The highest BCUT2D eigenvalue weighted by molar-refractivity contribution is 5.85. The van der Waals surface area contributed by atoms with E-state index in [1.807, 2.05) is 24.3 Å². The van der Waals surface area contributed by atoms with Gasteiger partial charge >= 0.3 is 0 Å². The van der Waals surface area contributed by atoms with E-state index in [-0.39, 0.29) is 12.4 Å². The molecule has 22 heavy (non-hydrogen) atoms. The molecule has 0 atom stereocenters. The number of nitrogens with one attached hydrogen (secondary N) is 1. The van der Waals surface area contributed by atoms with Crippen LogP contribution in [0, 0.1) is 0 Å². The molecule has 1 fully saturated rings. The number of rotatable bonds is 5. The van der Waals surface area contributed by atoms with Gasteiger partial charge in [-0.3, -0.25) is 0 Å². The van der Waals surface area contributed by atoms with Crippen molar-refractivity contribution in [3.63, 3.8) is 0 Å². The molecular weight excluding hydrogens is 304 g/mol. The first-order chi connectivity index (χ1) is 10.2. The predicted molar refractivity (Wildman–Crippen MR) is 86.2 cm³/mol. The highest BCUT2D eigenvalue weighted by Gasteiger charge is 2.35. The Morgan fingerprint density at radius 2 is 2.05 bits per heavy atom. The molecule has 0 bridgehead atoms. The molecule has 2 aromatic rings. The Morgan fingerprint density at radius 1 is 1.32 bits per heavy atom. The number of hydrogen-bond donors (Lipinski definition) is 2. The lowest BCUT2D eigenvalue weighted by atomic mass is 9.99. The van der Waals surface area contributed by atoms with Gasteiger partial charge in [0.2, 0.25) is 5.89 Å². The van der Waals surface area contributed by atoms with E-state index in [1.54, 1.807) is 7.11 Å². The number of benzene rings is 1. The van der Waals surface area contributed by atoms with E-state index in [0.717, 1.165) is 37.1 Å². The summed E-state index contributed by atoms with van der Waals surface area (Å²) in [5.41, 5.74) is 6.80. The minimum Gasteiger partial charge on any atom is -0.495 e. The van der Waals surface area contributed by atoms with Crippen LogP contribution in [0.4, 0.5) is 5.69 Å². The number of nitrogens with two attached hydrogens (primary N) is 1. The zero-order valence-corrected chi connectivity index (χ0v) is 13.4. The fourth-order valence-corrected chi connectivity index (χ4v) is 2.72. The quantitative estimate of drug-likeness (QED) is 0.879. The van der Waals surface area contributed by atoms with Crippen LogP contribution in [0.1, 0.15) is 37.4 Å². The summed E-state index contributed by atoms with van der Waals surface area (Å²) < 4.78 is 10.6. The van der Waals surface area contributed by atoms with Crippen molar-refractivity contribution in [2.45, 2.75) is 37.8 Å². The first kappa shape index (κ1) is 16.6. The normalized spacial score (nSPS) is 16.1. The number of halogens is 1. The van der Waals surface area contributed by atoms with E-state index < -0.39 is 5.54 Å². The Bertz CT molecular complexity index is 611. The SMILES string of the molecule is COc1ccccc1NCc1nc(C2(N)CCCC2)no1.Cl. The van der Waals surface area contributed by atoms with Crippen molar-refractivity contribution in [1.82, 2.24) is 10.1 Å². The van der Waals surface area contributed by atoms with E-state index in [2.05, 4.69) is 15.5 Å². The van der Waals surface area contributed by atoms with Gasteiger partial charge in [0, 0.05) is 0 Å². The second-order valence-electron chi connectivity index (χ2n) is 5.43. The molecule has 1 heterocycles. The van der Waals surface area contributed by atoms with E-state index in [0.29, 0.717) is 18.3 Å². The van der Waals surface area contributed by atoms with Crippen LogP contribution in [-0.4, -0.2) is 17.3 Å². The molecule has 1 saturated carbocycles. The molecule has 0 aliphatic heterocycles. The van der Waals surface area contributed by atoms with Crippen molar-refractivity contribution in [3.8, 4) is 5.75 Å². The standard InChI is InChI=1S/C15H20N4O2.ClH/c1-20-12-7-3-2-6-11(12)17-10-13-18-14(19-21-13)15(16)8-4-5-9-15;/h2-3,6-7,17H,4-5,8-10,16H2,1H3;1H. The molecule has 0 amide bonds. The average molecular weight is 325 g/mol. The Labute approximate surface area is 135 Å². The lowest BCUT2D eigenvalue weighted by molar-refractivity contribution is 0.351. The van der Waals surface area contributed by atoms with Gasteiger partial charge in [0.15, 0.2) is 5.82 Å². The van der Waals surface area contributed by atoms with Gasteiger partial charge in [0.1, 0.15) is 5.75 Å². The van der Waals surface area contributed by atoms with Crippen molar-refractivity contribution in [3.05, 3.63) is 36.0 Å².